The lowest BCUT2D eigenvalue weighted by Gasteiger charge is -2.48. The van der Waals surface area contributed by atoms with E-state index in [4.69, 9.17) is 41.9 Å². The summed E-state index contributed by atoms with van der Waals surface area (Å²) in [6.07, 6.45) is -16.7. The first kappa shape index (κ1) is 27.0. The molecule has 0 spiro atoms. The summed E-state index contributed by atoms with van der Waals surface area (Å²) < 4.78 is 22.5. The van der Waals surface area contributed by atoms with Crippen LogP contribution in [0, 0.1) is 0 Å². The summed E-state index contributed by atoms with van der Waals surface area (Å²) in [6.45, 7) is -0.817. The largest absolute Gasteiger partial charge is 0.394 e. The van der Waals surface area contributed by atoms with E-state index in [1.165, 1.54) is 0 Å². The van der Waals surface area contributed by atoms with Crippen molar-refractivity contribution in [2.24, 2.45) is 22.9 Å². The fraction of sp³-hybridized carbons (Fsp3) is 1.00. The maximum absolute atomic E-state index is 10.7. The van der Waals surface area contributed by atoms with Crippen molar-refractivity contribution in [3.05, 3.63) is 0 Å². The fourth-order valence-electron chi connectivity index (χ4n) is 4.37. The molecule has 15 N–H and O–H groups in total. The Bertz CT molecular complexity index is 634. The predicted octanol–water partition coefficient (Wildman–Crippen LogP) is -7.29. The van der Waals surface area contributed by atoms with E-state index in [0.717, 1.165) is 0 Å². The van der Waals surface area contributed by atoms with Crippen molar-refractivity contribution >= 4 is 0 Å². The van der Waals surface area contributed by atoms with E-state index in [1.807, 2.05) is 0 Å². The molecule has 2 aliphatic heterocycles. The third kappa shape index (κ3) is 5.32. The first-order valence-electron chi connectivity index (χ1n) is 10.8. The van der Waals surface area contributed by atoms with Crippen molar-refractivity contribution in [1.82, 2.24) is 0 Å². The Kier molecular flexibility index (Phi) is 8.99. The maximum atomic E-state index is 10.7. The van der Waals surface area contributed by atoms with Crippen LogP contribution in [0.15, 0.2) is 0 Å². The van der Waals surface area contributed by atoms with Gasteiger partial charge in [0.1, 0.15) is 54.9 Å². The molecule has 0 unspecified atom stereocenters. The average molecular weight is 485 g/mol. The highest BCUT2D eigenvalue weighted by Crippen LogP contribution is 2.31. The lowest BCUT2D eigenvalue weighted by Crippen LogP contribution is -2.69. The normalized spacial score (nSPS) is 53.7. The standard InChI is InChI=1S/C18H36N4O11/c19-2-6-10(25)12(27)8(22)17(30-6)32-15-5(21)1-4(20)9(24)16(15)33-18-14(29)13(28)11(26)7(3-23)31-18/h4-18,23-29H,1-3,19-22H2/t4-,5+,6-,7-,8-,9+,10-,11-,12-,13-,14-,15-,16-,17-,18+/m1/s1. The van der Waals surface area contributed by atoms with Gasteiger partial charge in [-0.1, -0.05) is 0 Å². The van der Waals surface area contributed by atoms with Crippen molar-refractivity contribution in [3.63, 3.8) is 0 Å². The molecule has 15 nitrogen and oxygen atoms in total. The van der Waals surface area contributed by atoms with Crippen LogP contribution >= 0.6 is 0 Å². The van der Waals surface area contributed by atoms with Crippen molar-refractivity contribution in [2.75, 3.05) is 13.2 Å². The van der Waals surface area contributed by atoms with E-state index in [0.29, 0.717) is 0 Å². The molecule has 3 fully saturated rings. The Morgan fingerprint density at radius 2 is 1.24 bits per heavy atom. The number of nitrogens with two attached hydrogens (primary N) is 4. The van der Waals surface area contributed by atoms with Crippen LogP contribution in [0.1, 0.15) is 6.42 Å². The number of aliphatic hydroxyl groups is 7. The van der Waals surface area contributed by atoms with Crippen LogP contribution in [0.5, 0.6) is 0 Å². The van der Waals surface area contributed by atoms with Gasteiger partial charge in [0.15, 0.2) is 12.6 Å². The molecule has 15 heteroatoms. The molecule has 3 rings (SSSR count). The highest BCUT2D eigenvalue weighted by Gasteiger charge is 2.52. The first-order valence-corrected chi connectivity index (χ1v) is 10.8. The maximum Gasteiger partial charge on any atom is 0.187 e. The fourth-order valence-corrected chi connectivity index (χ4v) is 4.37. The minimum atomic E-state index is -1.74. The molecule has 33 heavy (non-hydrogen) atoms. The van der Waals surface area contributed by atoms with Crippen molar-refractivity contribution in [2.45, 2.75) is 98.2 Å². The SMILES string of the molecule is NC[C@H]1O[C@H](O[C@H]2[C@H](O[C@@H]3O[C@H](CO)[C@@H](O)[C@@H](O)[C@H]3O)[C@@H](O)[C@H](N)C[C@@H]2N)[C@H](N)[C@@H](O)[C@@H]1O. The Morgan fingerprint density at radius 1 is 0.667 bits per heavy atom. The zero-order valence-electron chi connectivity index (χ0n) is 17.9. The number of ether oxygens (including phenoxy) is 4. The molecule has 3 aliphatic rings. The van der Waals surface area contributed by atoms with Crippen molar-refractivity contribution in [3.8, 4) is 0 Å². The topological polar surface area (TPSA) is 283 Å². The molecular formula is C18H36N4O11. The zero-order chi connectivity index (χ0) is 24.6. The molecule has 1 saturated carbocycles. The minimum Gasteiger partial charge on any atom is -0.394 e. The Hall–Kier alpha value is -0.600. The quantitative estimate of drug-likeness (QED) is 0.167. The van der Waals surface area contributed by atoms with E-state index in [-0.39, 0.29) is 13.0 Å². The Morgan fingerprint density at radius 3 is 1.85 bits per heavy atom. The molecule has 2 saturated heterocycles. The Balaban J connectivity index is 1.80. The van der Waals surface area contributed by atoms with E-state index in [2.05, 4.69) is 0 Å². The smallest absolute Gasteiger partial charge is 0.187 e. The van der Waals surface area contributed by atoms with Gasteiger partial charge in [-0.25, -0.2) is 0 Å². The van der Waals surface area contributed by atoms with Crippen LogP contribution in [0.4, 0.5) is 0 Å². The summed E-state index contributed by atoms with van der Waals surface area (Å²) in [6, 6.07) is -2.87. The molecule has 0 amide bonds. The highest BCUT2D eigenvalue weighted by atomic mass is 16.7. The Labute approximate surface area is 189 Å². The third-order valence-corrected chi connectivity index (χ3v) is 6.48. The monoisotopic (exact) mass is 484 g/mol. The van der Waals surface area contributed by atoms with Gasteiger partial charge in [0.25, 0.3) is 0 Å². The minimum absolute atomic E-state index is 0.105. The molecule has 0 aromatic carbocycles. The van der Waals surface area contributed by atoms with Crippen molar-refractivity contribution in [1.29, 1.82) is 0 Å². The number of rotatable bonds is 6. The molecule has 15 atom stereocenters. The summed E-state index contributed by atoms with van der Waals surface area (Å²) >= 11 is 0. The van der Waals surface area contributed by atoms with Crippen LogP contribution < -0.4 is 22.9 Å². The summed E-state index contributed by atoms with van der Waals surface area (Å²) in [5.41, 5.74) is 23.7. The molecular weight excluding hydrogens is 448 g/mol. The summed E-state index contributed by atoms with van der Waals surface area (Å²) in [5.74, 6) is 0. The van der Waals surface area contributed by atoms with Gasteiger partial charge in [-0.15, -0.1) is 0 Å². The van der Waals surface area contributed by atoms with Gasteiger partial charge in [0, 0.05) is 18.6 Å². The molecule has 1 aliphatic carbocycles. The highest BCUT2D eigenvalue weighted by molar-refractivity contribution is 5.01. The number of hydrogen-bond acceptors (Lipinski definition) is 15. The molecule has 0 bridgehead atoms. The molecule has 0 aromatic rings. The van der Waals surface area contributed by atoms with E-state index < -0.39 is 98.4 Å². The van der Waals surface area contributed by atoms with Crippen LogP contribution in [-0.4, -0.2) is 141 Å². The van der Waals surface area contributed by atoms with Gasteiger partial charge in [0.2, 0.25) is 0 Å². The third-order valence-electron chi connectivity index (χ3n) is 6.48. The predicted molar refractivity (Wildman–Crippen MR) is 108 cm³/mol. The molecule has 0 radical (unpaired) electrons. The van der Waals surface area contributed by atoms with Gasteiger partial charge in [-0.2, -0.15) is 0 Å². The number of hydrogen-bond donors (Lipinski definition) is 11. The average Bonchev–Trinajstić information content (AvgIpc) is 2.79. The van der Waals surface area contributed by atoms with Gasteiger partial charge >= 0.3 is 0 Å². The number of aliphatic hydroxyl groups excluding tert-OH is 7. The van der Waals surface area contributed by atoms with Gasteiger partial charge < -0.3 is 77.6 Å². The second-order valence-corrected chi connectivity index (χ2v) is 8.79. The van der Waals surface area contributed by atoms with Crippen LogP contribution in [0.3, 0.4) is 0 Å². The first-order chi connectivity index (χ1) is 15.5. The summed E-state index contributed by atoms with van der Waals surface area (Å²) in [7, 11) is 0. The van der Waals surface area contributed by atoms with E-state index in [1.54, 1.807) is 0 Å². The second kappa shape index (κ2) is 11.0. The summed E-state index contributed by atoms with van der Waals surface area (Å²) in [4.78, 5) is 0. The zero-order valence-corrected chi connectivity index (χ0v) is 17.9. The van der Waals surface area contributed by atoms with Gasteiger partial charge in [0.05, 0.1) is 18.8 Å². The molecule has 0 aromatic heterocycles. The van der Waals surface area contributed by atoms with Crippen LogP contribution in [-0.2, 0) is 18.9 Å². The van der Waals surface area contributed by atoms with Crippen LogP contribution in [0.2, 0.25) is 0 Å². The van der Waals surface area contributed by atoms with Crippen molar-refractivity contribution < 1.29 is 54.7 Å². The summed E-state index contributed by atoms with van der Waals surface area (Å²) in [5, 5.41) is 70.7. The lowest BCUT2D eigenvalue weighted by molar-refractivity contribution is -0.342. The van der Waals surface area contributed by atoms with Gasteiger partial charge in [-0.05, 0) is 6.42 Å². The van der Waals surface area contributed by atoms with E-state index >= 15 is 0 Å². The molecule has 2 heterocycles. The van der Waals surface area contributed by atoms with E-state index in [9.17, 15) is 35.7 Å². The van der Waals surface area contributed by atoms with Gasteiger partial charge in [-0.3, -0.25) is 0 Å². The molecule has 194 valence electrons. The van der Waals surface area contributed by atoms with Crippen LogP contribution in [0.25, 0.3) is 0 Å². The lowest BCUT2D eigenvalue weighted by atomic mass is 9.84. The second-order valence-electron chi connectivity index (χ2n) is 8.79.